The third-order valence-corrected chi connectivity index (χ3v) is 3.33. The minimum atomic E-state index is 0.701. The average molecular weight is 270 g/mol. The van der Waals surface area contributed by atoms with Crippen molar-refractivity contribution in [1.82, 2.24) is 5.32 Å². The maximum Gasteiger partial charge on any atom is 0.119 e. The third-order valence-electron chi connectivity index (χ3n) is 2.73. The molecular weight excluding hydrogens is 246 g/mol. The second-order valence-electron chi connectivity index (χ2n) is 5.17. The molecule has 2 nitrogen and oxygen atoms in total. The standard InChI is InChI=1S/C15H24ClNO/c1-11(2)10-17-6-5-7-18-14-8-12(3)15(16)13(4)9-14/h8-9,11,17H,5-7,10H2,1-4H3. The lowest BCUT2D eigenvalue weighted by Crippen LogP contribution is -2.22. The van der Waals surface area contributed by atoms with Gasteiger partial charge in [0, 0.05) is 5.02 Å². The van der Waals surface area contributed by atoms with Gasteiger partial charge in [0.25, 0.3) is 0 Å². The van der Waals surface area contributed by atoms with Crippen LogP contribution in [-0.4, -0.2) is 19.7 Å². The highest BCUT2D eigenvalue weighted by molar-refractivity contribution is 6.32. The van der Waals surface area contributed by atoms with Gasteiger partial charge in [-0.05, 0) is 62.5 Å². The molecule has 0 aliphatic heterocycles. The van der Waals surface area contributed by atoms with Crippen molar-refractivity contribution in [1.29, 1.82) is 0 Å². The van der Waals surface area contributed by atoms with Gasteiger partial charge in [-0.2, -0.15) is 0 Å². The highest BCUT2D eigenvalue weighted by Crippen LogP contribution is 2.25. The molecule has 0 radical (unpaired) electrons. The zero-order chi connectivity index (χ0) is 13.5. The van der Waals surface area contributed by atoms with Gasteiger partial charge in [0.05, 0.1) is 6.61 Å². The SMILES string of the molecule is Cc1cc(OCCCNCC(C)C)cc(C)c1Cl. The Morgan fingerprint density at radius 2 is 1.83 bits per heavy atom. The van der Waals surface area contributed by atoms with Gasteiger partial charge in [-0.15, -0.1) is 0 Å². The Labute approximate surface area is 116 Å². The summed E-state index contributed by atoms with van der Waals surface area (Å²) in [6.07, 6.45) is 1.02. The van der Waals surface area contributed by atoms with Crippen LogP contribution in [0.1, 0.15) is 31.4 Å². The molecule has 0 amide bonds. The lowest BCUT2D eigenvalue weighted by molar-refractivity contribution is 0.306. The molecule has 0 unspecified atom stereocenters. The van der Waals surface area contributed by atoms with E-state index in [1.807, 2.05) is 26.0 Å². The number of benzene rings is 1. The molecule has 102 valence electrons. The van der Waals surface area contributed by atoms with E-state index in [1.54, 1.807) is 0 Å². The molecule has 0 heterocycles. The van der Waals surface area contributed by atoms with Crippen molar-refractivity contribution in [2.45, 2.75) is 34.1 Å². The number of hydrogen-bond acceptors (Lipinski definition) is 2. The molecule has 0 saturated carbocycles. The average Bonchev–Trinajstić information content (AvgIpc) is 2.30. The van der Waals surface area contributed by atoms with E-state index in [2.05, 4.69) is 19.2 Å². The Kier molecular flexibility index (Phi) is 6.51. The minimum absolute atomic E-state index is 0.701. The zero-order valence-corrected chi connectivity index (χ0v) is 12.6. The largest absolute Gasteiger partial charge is 0.494 e. The van der Waals surface area contributed by atoms with E-state index in [0.717, 1.165) is 48.0 Å². The summed E-state index contributed by atoms with van der Waals surface area (Å²) in [5.41, 5.74) is 2.15. The first kappa shape index (κ1) is 15.3. The van der Waals surface area contributed by atoms with Crippen LogP contribution >= 0.6 is 11.6 Å². The van der Waals surface area contributed by atoms with Crippen molar-refractivity contribution >= 4 is 11.6 Å². The van der Waals surface area contributed by atoms with Crippen LogP contribution in [0.5, 0.6) is 5.75 Å². The van der Waals surface area contributed by atoms with E-state index < -0.39 is 0 Å². The number of rotatable bonds is 7. The predicted molar refractivity (Wildman–Crippen MR) is 78.7 cm³/mol. The molecule has 3 heteroatoms. The molecule has 1 aromatic carbocycles. The van der Waals surface area contributed by atoms with E-state index in [9.17, 15) is 0 Å². The lowest BCUT2D eigenvalue weighted by atomic mass is 10.1. The van der Waals surface area contributed by atoms with Gasteiger partial charge < -0.3 is 10.1 Å². The smallest absolute Gasteiger partial charge is 0.119 e. The number of nitrogens with one attached hydrogen (secondary N) is 1. The van der Waals surface area contributed by atoms with Crippen molar-refractivity contribution in [2.24, 2.45) is 5.92 Å². The summed E-state index contributed by atoms with van der Waals surface area (Å²) in [5.74, 6) is 1.62. The van der Waals surface area contributed by atoms with Crippen LogP contribution < -0.4 is 10.1 Å². The maximum atomic E-state index is 6.12. The maximum absolute atomic E-state index is 6.12. The second kappa shape index (κ2) is 7.65. The van der Waals surface area contributed by atoms with E-state index in [4.69, 9.17) is 16.3 Å². The summed E-state index contributed by atoms with van der Waals surface area (Å²) in [7, 11) is 0. The van der Waals surface area contributed by atoms with Gasteiger partial charge in [-0.25, -0.2) is 0 Å². The van der Waals surface area contributed by atoms with Gasteiger partial charge in [0.1, 0.15) is 5.75 Å². The molecule has 18 heavy (non-hydrogen) atoms. The second-order valence-corrected chi connectivity index (χ2v) is 5.55. The van der Waals surface area contributed by atoms with E-state index in [-0.39, 0.29) is 0 Å². The number of halogens is 1. The predicted octanol–water partition coefficient (Wildman–Crippen LogP) is 3.97. The van der Waals surface area contributed by atoms with Gasteiger partial charge in [-0.1, -0.05) is 25.4 Å². The van der Waals surface area contributed by atoms with Crippen LogP contribution in [0.3, 0.4) is 0 Å². The molecule has 1 N–H and O–H groups in total. The summed E-state index contributed by atoms with van der Waals surface area (Å²) < 4.78 is 5.73. The summed E-state index contributed by atoms with van der Waals surface area (Å²) in [4.78, 5) is 0. The first-order chi connectivity index (χ1) is 8.50. The zero-order valence-electron chi connectivity index (χ0n) is 11.8. The highest BCUT2D eigenvalue weighted by Gasteiger charge is 2.03. The van der Waals surface area contributed by atoms with Gasteiger partial charge in [-0.3, -0.25) is 0 Å². The van der Waals surface area contributed by atoms with Crippen LogP contribution in [0.2, 0.25) is 5.02 Å². The Morgan fingerprint density at radius 1 is 1.22 bits per heavy atom. The van der Waals surface area contributed by atoms with Gasteiger partial charge in [0.2, 0.25) is 0 Å². The summed E-state index contributed by atoms with van der Waals surface area (Å²) in [5, 5.41) is 4.24. The highest BCUT2D eigenvalue weighted by atomic mass is 35.5. The van der Waals surface area contributed by atoms with Crippen LogP contribution in [-0.2, 0) is 0 Å². The summed E-state index contributed by atoms with van der Waals surface area (Å²) in [6, 6.07) is 3.99. The van der Waals surface area contributed by atoms with Crippen molar-refractivity contribution in [2.75, 3.05) is 19.7 Å². The molecular formula is C15H24ClNO. The fourth-order valence-corrected chi connectivity index (χ4v) is 1.88. The molecule has 0 bridgehead atoms. The van der Waals surface area contributed by atoms with Crippen LogP contribution in [0.4, 0.5) is 0 Å². The fourth-order valence-electron chi connectivity index (χ4n) is 1.77. The molecule has 1 rings (SSSR count). The van der Waals surface area contributed by atoms with Gasteiger partial charge >= 0.3 is 0 Å². The van der Waals surface area contributed by atoms with Crippen molar-refractivity contribution in [3.63, 3.8) is 0 Å². The first-order valence-electron chi connectivity index (χ1n) is 6.61. The van der Waals surface area contributed by atoms with Crippen molar-refractivity contribution in [3.8, 4) is 5.75 Å². The Hall–Kier alpha value is -0.730. The van der Waals surface area contributed by atoms with Crippen LogP contribution in [0, 0.1) is 19.8 Å². The number of hydrogen-bond donors (Lipinski definition) is 1. The van der Waals surface area contributed by atoms with Gasteiger partial charge in [0.15, 0.2) is 0 Å². The van der Waals surface area contributed by atoms with Crippen LogP contribution in [0.15, 0.2) is 12.1 Å². The molecule has 0 atom stereocenters. The van der Waals surface area contributed by atoms with E-state index in [0.29, 0.717) is 5.92 Å². The van der Waals surface area contributed by atoms with Crippen molar-refractivity contribution < 1.29 is 4.74 Å². The topological polar surface area (TPSA) is 21.3 Å². The quantitative estimate of drug-likeness (QED) is 0.757. The normalized spacial score (nSPS) is 11.0. The molecule has 0 spiro atoms. The fraction of sp³-hybridized carbons (Fsp3) is 0.600. The molecule has 0 aliphatic rings. The van der Waals surface area contributed by atoms with Crippen LogP contribution in [0.25, 0.3) is 0 Å². The number of aryl methyl sites for hydroxylation is 2. The Morgan fingerprint density at radius 3 is 2.39 bits per heavy atom. The molecule has 0 fully saturated rings. The Balaban J connectivity index is 2.27. The monoisotopic (exact) mass is 269 g/mol. The molecule has 0 saturated heterocycles. The third kappa shape index (κ3) is 5.28. The van der Waals surface area contributed by atoms with E-state index in [1.165, 1.54) is 0 Å². The Bertz CT molecular complexity index is 354. The summed E-state index contributed by atoms with van der Waals surface area (Å²) >= 11 is 6.12. The molecule has 1 aromatic rings. The molecule has 0 aliphatic carbocycles. The van der Waals surface area contributed by atoms with E-state index >= 15 is 0 Å². The summed E-state index contributed by atoms with van der Waals surface area (Å²) in [6.45, 7) is 11.2. The molecule has 0 aromatic heterocycles. The number of ether oxygens (including phenoxy) is 1. The van der Waals surface area contributed by atoms with Crippen molar-refractivity contribution in [3.05, 3.63) is 28.3 Å². The first-order valence-corrected chi connectivity index (χ1v) is 6.98. The minimum Gasteiger partial charge on any atom is -0.494 e. The lowest BCUT2D eigenvalue weighted by Gasteiger charge is -2.11.